The van der Waals surface area contributed by atoms with Crippen molar-refractivity contribution in [1.29, 1.82) is 0 Å². The van der Waals surface area contributed by atoms with Crippen molar-refractivity contribution >= 4 is 40.6 Å². The van der Waals surface area contributed by atoms with Crippen LogP contribution in [0.15, 0.2) is 72.8 Å². The van der Waals surface area contributed by atoms with E-state index in [9.17, 15) is 14.4 Å². The third kappa shape index (κ3) is 5.77. The molecule has 3 aromatic carbocycles. The number of ether oxygens (including phenoxy) is 3. The third-order valence-corrected chi connectivity index (χ3v) is 7.18. The lowest BCUT2D eigenvalue weighted by Gasteiger charge is -2.31. The summed E-state index contributed by atoms with van der Waals surface area (Å²) in [6, 6.07) is 20.0. The molecule has 41 heavy (non-hydrogen) atoms. The van der Waals surface area contributed by atoms with Crippen molar-refractivity contribution < 1.29 is 28.6 Å². The van der Waals surface area contributed by atoms with Crippen molar-refractivity contribution in [3.05, 3.63) is 94.5 Å². The molecule has 11 nitrogen and oxygen atoms in total. The molecule has 1 aliphatic heterocycles. The molecule has 1 atom stereocenters. The van der Waals surface area contributed by atoms with Gasteiger partial charge in [-0.1, -0.05) is 42.5 Å². The molecule has 0 aliphatic carbocycles. The van der Waals surface area contributed by atoms with E-state index in [4.69, 9.17) is 25.7 Å². The van der Waals surface area contributed by atoms with Gasteiger partial charge in [-0.05, 0) is 53.8 Å². The molecule has 210 valence electrons. The average molecular weight is 574 g/mol. The summed E-state index contributed by atoms with van der Waals surface area (Å²) in [4.78, 5) is 41.4. The minimum Gasteiger partial charge on any atom is -0.494 e. The second-order valence-electron chi connectivity index (χ2n) is 8.96. The van der Waals surface area contributed by atoms with E-state index in [1.807, 2.05) is 37.3 Å². The lowest BCUT2D eigenvalue weighted by molar-refractivity contribution is -0.122. The minimum absolute atomic E-state index is 0.0242. The van der Waals surface area contributed by atoms with Gasteiger partial charge in [-0.2, -0.15) is 4.37 Å². The fourth-order valence-corrected chi connectivity index (χ4v) is 5.11. The third-order valence-electron chi connectivity index (χ3n) is 6.33. The Morgan fingerprint density at radius 3 is 2.46 bits per heavy atom. The van der Waals surface area contributed by atoms with Crippen LogP contribution in [0.5, 0.6) is 17.2 Å². The monoisotopic (exact) mass is 573 g/mol. The number of aromatic nitrogens is 1. The Morgan fingerprint density at radius 2 is 1.78 bits per heavy atom. The normalized spacial score (nSPS) is 12.4. The maximum absolute atomic E-state index is 14.3. The van der Waals surface area contributed by atoms with Crippen molar-refractivity contribution in [1.82, 2.24) is 9.69 Å². The maximum Gasteiger partial charge on any atom is 0.273 e. The van der Waals surface area contributed by atoms with Gasteiger partial charge in [-0.3, -0.25) is 19.3 Å². The van der Waals surface area contributed by atoms with Crippen LogP contribution in [-0.2, 0) is 11.3 Å². The van der Waals surface area contributed by atoms with E-state index in [2.05, 4.69) is 9.69 Å². The van der Waals surface area contributed by atoms with Crippen LogP contribution >= 0.6 is 11.5 Å². The number of fused-ring (bicyclic) bond motifs is 1. The van der Waals surface area contributed by atoms with Crippen LogP contribution in [-0.4, -0.2) is 35.5 Å². The molecule has 1 aromatic heterocycles. The molecule has 2 heterocycles. The summed E-state index contributed by atoms with van der Waals surface area (Å²) < 4.78 is 20.6. The van der Waals surface area contributed by atoms with Gasteiger partial charge in [-0.25, -0.2) is 0 Å². The molecule has 0 saturated carbocycles. The van der Waals surface area contributed by atoms with E-state index in [0.717, 1.165) is 17.1 Å². The zero-order chi connectivity index (χ0) is 28.9. The highest BCUT2D eigenvalue weighted by atomic mass is 32.1. The van der Waals surface area contributed by atoms with E-state index >= 15 is 0 Å². The number of hydrogen-bond acceptors (Lipinski definition) is 9. The van der Waals surface area contributed by atoms with Crippen LogP contribution in [0, 0.1) is 0 Å². The molecule has 4 aromatic rings. The summed E-state index contributed by atoms with van der Waals surface area (Å²) in [7, 11) is 0. The van der Waals surface area contributed by atoms with Crippen molar-refractivity contribution in [2.45, 2.75) is 19.5 Å². The molecule has 0 radical (unpaired) electrons. The predicted molar refractivity (Wildman–Crippen MR) is 153 cm³/mol. The number of anilines is 2. The number of nitrogens with one attached hydrogen (secondary N) is 1. The second-order valence-corrected chi connectivity index (χ2v) is 9.73. The van der Waals surface area contributed by atoms with Crippen molar-refractivity contribution in [3.63, 3.8) is 0 Å². The van der Waals surface area contributed by atoms with Gasteiger partial charge in [0.15, 0.2) is 17.2 Å². The van der Waals surface area contributed by atoms with E-state index in [1.54, 1.807) is 42.5 Å². The number of benzene rings is 3. The zero-order valence-corrected chi connectivity index (χ0v) is 22.9. The van der Waals surface area contributed by atoms with Crippen LogP contribution in [0.3, 0.4) is 0 Å². The summed E-state index contributed by atoms with van der Waals surface area (Å²) in [6.07, 6.45) is 0. The smallest absolute Gasteiger partial charge is 0.273 e. The number of amides is 3. The molecular formula is C29H27N5O6S. The van der Waals surface area contributed by atoms with Crippen LogP contribution in [0.2, 0.25) is 0 Å². The van der Waals surface area contributed by atoms with Crippen LogP contribution in [0.4, 0.5) is 11.4 Å². The minimum atomic E-state index is -1.17. The van der Waals surface area contributed by atoms with Crippen molar-refractivity contribution in [2.24, 2.45) is 5.73 Å². The number of hydrogen-bond donors (Lipinski definition) is 3. The number of nitrogen functional groups attached to an aromatic ring is 1. The highest BCUT2D eigenvalue weighted by molar-refractivity contribution is 7.09. The highest BCUT2D eigenvalue weighted by Gasteiger charge is 2.36. The second kappa shape index (κ2) is 12.0. The van der Waals surface area contributed by atoms with Gasteiger partial charge in [0.05, 0.1) is 12.3 Å². The summed E-state index contributed by atoms with van der Waals surface area (Å²) in [6.45, 7) is 2.59. The van der Waals surface area contributed by atoms with Gasteiger partial charge in [-0.15, -0.1) is 0 Å². The Labute approximate surface area is 239 Å². The Kier molecular flexibility index (Phi) is 8.01. The summed E-state index contributed by atoms with van der Waals surface area (Å²) >= 11 is 0.730. The molecule has 12 heteroatoms. The van der Waals surface area contributed by atoms with Gasteiger partial charge < -0.3 is 31.0 Å². The Bertz CT molecular complexity index is 1570. The number of carbonyl (C=O) groups is 3. The molecule has 5 N–H and O–H groups in total. The highest BCUT2D eigenvalue weighted by Crippen LogP contribution is 2.40. The average Bonchev–Trinajstić information content (AvgIpc) is 3.61. The standard InChI is InChI=1S/C29H27N5O6S/c1-2-38-20-11-8-18(9-12-20)25(28(36)32-15-17-6-4-3-5-7-17)34(19-10-13-21-22(14-19)40-16-39-21)29(37)26-23(30)24(27(31)35)33-41-26/h3-14,25H,2,15-16,30H2,1H3,(H2,31,35)(H,32,36)/t25-/m1/s1. The van der Waals surface area contributed by atoms with Gasteiger partial charge in [0.1, 0.15) is 16.7 Å². The first-order valence-electron chi connectivity index (χ1n) is 12.7. The summed E-state index contributed by atoms with van der Waals surface area (Å²) in [5.41, 5.74) is 12.9. The van der Waals surface area contributed by atoms with E-state index < -0.39 is 23.8 Å². The maximum atomic E-state index is 14.3. The predicted octanol–water partition coefficient (Wildman–Crippen LogP) is 3.66. The van der Waals surface area contributed by atoms with Crippen LogP contribution in [0.1, 0.15) is 44.3 Å². The first kappa shape index (κ1) is 27.5. The lowest BCUT2D eigenvalue weighted by Crippen LogP contribution is -2.44. The lowest BCUT2D eigenvalue weighted by atomic mass is 10.0. The first-order chi connectivity index (χ1) is 19.9. The van der Waals surface area contributed by atoms with E-state index in [0.29, 0.717) is 35.1 Å². The molecule has 3 amide bonds. The fraction of sp³-hybridized carbons (Fsp3) is 0.172. The van der Waals surface area contributed by atoms with E-state index in [1.165, 1.54) is 4.90 Å². The molecule has 0 saturated heterocycles. The Morgan fingerprint density at radius 1 is 1.05 bits per heavy atom. The zero-order valence-electron chi connectivity index (χ0n) is 22.0. The van der Waals surface area contributed by atoms with Gasteiger partial charge in [0.2, 0.25) is 12.7 Å². The largest absolute Gasteiger partial charge is 0.494 e. The van der Waals surface area contributed by atoms with Crippen LogP contribution in [0.25, 0.3) is 0 Å². The number of carbonyl (C=O) groups excluding carboxylic acids is 3. The molecule has 0 bridgehead atoms. The summed E-state index contributed by atoms with van der Waals surface area (Å²) in [5.74, 6) is -0.456. The van der Waals surface area contributed by atoms with Crippen LogP contribution < -0.4 is 35.9 Å². The number of nitrogens with zero attached hydrogens (tertiary/aromatic N) is 2. The van der Waals surface area contributed by atoms with Gasteiger partial charge >= 0.3 is 0 Å². The molecular weight excluding hydrogens is 546 g/mol. The van der Waals surface area contributed by atoms with Crippen molar-refractivity contribution in [2.75, 3.05) is 24.0 Å². The van der Waals surface area contributed by atoms with E-state index in [-0.39, 0.29) is 29.6 Å². The number of rotatable bonds is 10. The molecule has 1 aliphatic rings. The Hall–Kier alpha value is -5.10. The quantitative estimate of drug-likeness (QED) is 0.259. The van der Waals surface area contributed by atoms with Gasteiger partial charge in [0, 0.05) is 18.3 Å². The molecule has 0 spiro atoms. The summed E-state index contributed by atoms with van der Waals surface area (Å²) in [5, 5.41) is 2.95. The molecule has 0 unspecified atom stereocenters. The number of primary amides is 1. The van der Waals surface area contributed by atoms with Gasteiger partial charge in [0.25, 0.3) is 11.8 Å². The fourth-order valence-electron chi connectivity index (χ4n) is 4.37. The first-order valence-corrected chi connectivity index (χ1v) is 13.5. The molecule has 5 rings (SSSR count). The number of nitrogens with two attached hydrogens (primary N) is 2. The van der Waals surface area contributed by atoms with Crippen molar-refractivity contribution in [3.8, 4) is 17.2 Å². The Balaban J connectivity index is 1.62. The molecule has 0 fully saturated rings. The SMILES string of the molecule is CCOc1ccc([C@H](C(=O)NCc2ccccc2)N(C(=O)c2snc(C(N)=O)c2N)c2ccc3c(c2)OCO3)cc1. The topological polar surface area (TPSA) is 159 Å².